The Morgan fingerprint density at radius 1 is 1.04 bits per heavy atom. The Balaban J connectivity index is 0.00000432. The number of amides is 2. The second-order valence-electron chi connectivity index (χ2n) is 14.9. The van der Waals surface area contributed by atoms with Gasteiger partial charge in [-0.1, -0.05) is 62.4 Å². The van der Waals surface area contributed by atoms with Gasteiger partial charge in [-0.05, 0) is 69.3 Å². The maximum absolute atomic E-state index is 14.8. The lowest BCUT2D eigenvalue weighted by molar-refractivity contribution is -0.214. The number of fused-ring (bicyclic) bond motifs is 1. The molecule has 2 fully saturated rings. The molecule has 2 N–H and O–H groups in total. The van der Waals surface area contributed by atoms with Crippen molar-refractivity contribution in [2.75, 3.05) is 34.4 Å². The lowest BCUT2D eigenvalue weighted by Crippen LogP contribution is -2.80. The summed E-state index contributed by atoms with van der Waals surface area (Å²) in [5.41, 5.74) is 1.52. The number of likely N-dealkylation sites (N-methyl/N-ethyl adjacent to an activating group) is 1. The third-order valence-corrected chi connectivity index (χ3v) is 12.1. The van der Waals surface area contributed by atoms with Crippen molar-refractivity contribution in [2.45, 2.75) is 88.1 Å². The second-order valence-corrected chi connectivity index (χ2v) is 14.9. The number of halogens is 1. The van der Waals surface area contributed by atoms with Gasteiger partial charge < -0.3 is 34.5 Å². The molecule has 2 aromatic carbocycles. The number of nitrogens with zero attached hydrogens (tertiary/aromatic N) is 1. The minimum atomic E-state index is -1.08. The van der Waals surface area contributed by atoms with Gasteiger partial charge in [0.1, 0.15) is 23.8 Å². The van der Waals surface area contributed by atoms with Crippen molar-refractivity contribution in [3.05, 3.63) is 71.3 Å². The monoisotopic (exact) mass is 707 g/mol. The molecule has 4 bridgehead atoms. The molecule has 11 heteroatoms. The number of nitrogens with one attached hydrogen (secondary N) is 2. The quantitative estimate of drug-likeness (QED) is 0.250. The molecular weight excluding hydrogens is 658 g/mol. The standard InChI is InChI=1S/C39H49N3O7.ClH/c1-7-48-35(45)28(19-23(2)3)41-34(44)27(20-24-11-9-8-10-12-24)40-33(43)26-22-37-15-16-39(26,47-6)36-38(37)17-18-42(4)30(37)21-25-13-14-29(46-5)32(49-36)31(25)38;/h8-16,23,26-28,30,36H,7,17-22H2,1-6H3,(H,40,43)(H,41,44);1H/t26?,27?,28?,30?,36?,37?,38-,39?;/m0./s1. The minimum absolute atomic E-state index is 0. The number of benzene rings is 2. The van der Waals surface area contributed by atoms with Gasteiger partial charge in [0.2, 0.25) is 11.8 Å². The summed E-state index contributed by atoms with van der Waals surface area (Å²) in [5, 5.41) is 6.08. The number of carbonyl (C=O) groups is 3. The first kappa shape index (κ1) is 36.2. The Labute approximate surface area is 301 Å². The van der Waals surface area contributed by atoms with Gasteiger partial charge >= 0.3 is 5.97 Å². The normalized spacial score (nSPS) is 30.7. The van der Waals surface area contributed by atoms with E-state index in [2.05, 4.69) is 40.8 Å². The summed E-state index contributed by atoms with van der Waals surface area (Å²) < 4.78 is 24.6. The van der Waals surface area contributed by atoms with Crippen LogP contribution < -0.4 is 20.1 Å². The first-order chi connectivity index (χ1) is 23.5. The van der Waals surface area contributed by atoms with Gasteiger partial charge in [-0.25, -0.2) is 4.79 Å². The van der Waals surface area contributed by atoms with Crippen LogP contribution in [0.1, 0.15) is 56.7 Å². The molecule has 2 heterocycles. The SMILES string of the molecule is CCOC(=O)C(CC(C)C)NC(=O)C(Cc1ccccc1)NC(=O)C1CC23C=CC1(OC)C1Oc4c(OC)ccc5c4[C@@]12CCN(C)C3C5.Cl. The molecule has 6 aliphatic rings. The molecule has 8 atom stereocenters. The maximum atomic E-state index is 14.8. The van der Waals surface area contributed by atoms with E-state index in [1.54, 1.807) is 21.1 Å². The summed E-state index contributed by atoms with van der Waals surface area (Å²) in [6.45, 7) is 6.84. The van der Waals surface area contributed by atoms with E-state index in [1.165, 1.54) is 11.1 Å². The van der Waals surface area contributed by atoms with Gasteiger partial charge in [-0.2, -0.15) is 0 Å². The van der Waals surface area contributed by atoms with E-state index < -0.39 is 41.6 Å². The van der Waals surface area contributed by atoms with E-state index >= 15 is 0 Å². The third kappa shape index (κ3) is 5.23. The van der Waals surface area contributed by atoms with Crippen LogP contribution in [0.5, 0.6) is 11.5 Å². The fraction of sp³-hybridized carbons (Fsp3) is 0.564. The molecule has 1 saturated carbocycles. The Bertz CT molecular complexity index is 1670. The fourth-order valence-electron chi connectivity index (χ4n) is 10.0. The molecule has 8 rings (SSSR count). The molecule has 2 aliphatic heterocycles. The lowest BCUT2D eigenvalue weighted by atomic mass is 9.37. The van der Waals surface area contributed by atoms with Crippen LogP contribution >= 0.6 is 12.4 Å². The fourth-order valence-corrected chi connectivity index (χ4v) is 10.0. The number of hydrogen-bond donors (Lipinski definition) is 2. The molecule has 0 aromatic heterocycles. The van der Waals surface area contributed by atoms with E-state index in [-0.39, 0.29) is 54.1 Å². The summed E-state index contributed by atoms with van der Waals surface area (Å²) in [6, 6.07) is 12.2. The topological polar surface area (TPSA) is 115 Å². The molecule has 7 unspecified atom stereocenters. The minimum Gasteiger partial charge on any atom is -0.493 e. The first-order valence-electron chi connectivity index (χ1n) is 17.7. The zero-order valence-corrected chi connectivity index (χ0v) is 30.6. The zero-order chi connectivity index (χ0) is 34.7. The molecule has 4 aliphatic carbocycles. The number of carbonyl (C=O) groups excluding carboxylic acids is 3. The molecule has 2 amide bonds. The van der Waals surface area contributed by atoms with Crippen molar-refractivity contribution in [1.29, 1.82) is 0 Å². The predicted octanol–water partition coefficient (Wildman–Crippen LogP) is 4.16. The summed E-state index contributed by atoms with van der Waals surface area (Å²) >= 11 is 0. The van der Waals surface area contributed by atoms with Crippen LogP contribution in [0.3, 0.4) is 0 Å². The van der Waals surface area contributed by atoms with E-state index in [1.807, 2.05) is 50.2 Å². The van der Waals surface area contributed by atoms with E-state index in [0.29, 0.717) is 18.6 Å². The first-order valence-corrected chi connectivity index (χ1v) is 17.7. The van der Waals surface area contributed by atoms with Crippen LogP contribution in [-0.4, -0.2) is 86.9 Å². The number of piperidine rings is 1. The average molecular weight is 708 g/mol. The van der Waals surface area contributed by atoms with Crippen LogP contribution in [0.4, 0.5) is 0 Å². The van der Waals surface area contributed by atoms with Crippen molar-refractivity contribution in [2.24, 2.45) is 17.3 Å². The molecule has 1 saturated heterocycles. The van der Waals surface area contributed by atoms with Crippen LogP contribution in [0.15, 0.2) is 54.6 Å². The number of ether oxygens (including phenoxy) is 4. The Morgan fingerprint density at radius 3 is 2.48 bits per heavy atom. The molecule has 2 aromatic rings. The summed E-state index contributed by atoms with van der Waals surface area (Å²) in [5.74, 6) is -0.226. The maximum Gasteiger partial charge on any atom is 0.328 e. The van der Waals surface area contributed by atoms with Crippen LogP contribution in [0, 0.1) is 17.3 Å². The van der Waals surface area contributed by atoms with Gasteiger partial charge in [0.05, 0.1) is 25.0 Å². The van der Waals surface area contributed by atoms with Crippen LogP contribution in [-0.2, 0) is 42.1 Å². The van der Waals surface area contributed by atoms with Crippen molar-refractivity contribution in [1.82, 2.24) is 15.5 Å². The highest BCUT2D eigenvalue weighted by Gasteiger charge is 2.79. The highest BCUT2D eigenvalue weighted by molar-refractivity contribution is 5.92. The lowest BCUT2D eigenvalue weighted by Gasteiger charge is -2.70. The number of likely N-dealkylation sites (tertiary alicyclic amines) is 1. The van der Waals surface area contributed by atoms with Gasteiger partial charge in [0, 0.05) is 30.6 Å². The van der Waals surface area contributed by atoms with E-state index in [4.69, 9.17) is 18.9 Å². The number of rotatable bonds is 12. The van der Waals surface area contributed by atoms with E-state index in [9.17, 15) is 14.4 Å². The van der Waals surface area contributed by atoms with Gasteiger partial charge in [0.25, 0.3) is 0 Å². The predicted molar refractivity (Wildman–Crippen MR) is 191 cm³/mol. The smallest absolute Gasteiger partial charge is 0.328 e. The second kappa shape index (κ2) is 13.5. The Morgan fingerprint density at radius 2 is 1.80 bits per heavy atom. The molecule has 270 valence electrons. The number of esters is 1. The van der Waals surface area contributed by atoms with Gasteiger partial charge in [-0.15, -0.1) is 12.4 Å². The summed E-state index contributed by atoms with van der Waals surface area (Å²) in [6.07, 6.45) is 6.86. The van der Waals surface area contributed by atoms with Crippen molar-refractivity contribution in [3.8, 4) is 11.5 Å². The third-order valence-electron chi connectivity index (χ3n) is 12.1. The summed E-state index contributed by atoms with van der Waals surface area (Å²) in [4.78, 5) is 44.2. The number of hydrogen-bond acceptors (Lipinski definition) is 8. The average Bonchev–Trinajstić information content (AvgIpc) is 3.47. The molecule has 0 radical (unpaired) electrons. The molecule has 50 heavy (non-hydrogen) atoms. The van der Waals surface area contributed by atoms with E-state index in [0.717, 1.165) is 30.7 Å². The van der Waals surface area contributed by atoms with Gasteiger partial charge in [-0.3, -0.25) is 9.59 Å². The van der Waals surface area contributed by atoms with Crippen LogP contribution in [0.25, 0.3) is 0 Å². The number of methoxy groups -OCH3 is 2. The zero-order valence-electron chi connectivity index (χ0n) is 29.8. The highest BCUT2D eigenvalue weighted by atomic mass is 35.5. The highest BCUT2D eigenvalue weighted by Crippen LogP contribution is 2.74. The van der Waals surface area contributed by atoms with Crippen LogP contribution in [0.2, 0.25) is 0 Å². The Hall–Kier alpha value is -3.60. The van der Waals surface area contributed by atoms with Gasteiger partial charge in [0.15, 0.2) is 11.5 Å². The molecule has 2 spiro atoms. The molecular formula is C39H50ClN3O7. The molecule has 10 nitrogen and oxygen atoms in total. The summed E-state index contributed by atoms with van der Waals surface area (Å²) in [7, 11) is 5.50. The van der Waals surface area contributed by atoms with Crippen molar-refractivity contribution < 1.29 is 33.3 Å². The largest absolute Gasteiger partial charge is 0.493 e. The van der Waals surface area contributed by atoms with Crippen molar-refractivity contribution in [3.63, 3.8) is 0 Å². The Kier molecular flexibility index (Phi) is 9.78. The van der Waals surface area contributed by atoms with Crippen molar-refractivity contribution >= 4 is 30.2 Å².